The van der Waals surface area contributed by atoms with E-state index in [4.69, 9.17) is 4.79 Å². The SMILES string of the molecule is C=CC=O.CNCc1cccc(N=C(C=O)N/C(Br)=C\N(C)C)c1. The number of nitrogens with one attached hydrogen (secondary N) is 2. The summed E-state index contributed by atoms with van der Waals surface area (Å²) in [5.74, 6) is 0.247. The van der Waals surface area contributed by atoms with Crippen LogP contribution in [0.4, 0.5) is 5.69 Å². The number of carbonyl (C=O) groups is 2. The summed E-state index contributed by atoms with van der Waals surface area (Å²) in [6.07, 6.45) is 4.33. The van der Waals surface area contributed by atoms with E-state index < -0.39 is 0 Å². The molecular formula is C17H23BrN4O2. The summed E-state index contributed by atoms with van der Waals surface area (Å²) in [7, 11) is 5.67. The number of nitrogens with zero attached hydrogens (tertiary/aromatic N) is 2. The highest BCUT2D eigenvalue weighted by Gasteiger charge is 2.01. The van der Waals surface area contributed by atoms with E-state index in [2.05, 4.69) is 38.1 Å². The van der Waals surface area contributed by atoms with E-state index in [1.54, 1.807) is 6.20 Å². The predicted octanol–water partition coefficient (Wildman–Crippen LogP) is 2.35. The third-order valence-electron chi connectivity index (χ3n) is 2.37. The molecule has 0 saturated heterocycles. The number of allylic oxidation sites excluding steroid dienone is 1. The van der Waals surface area contributed by atoms with Crippen LogP contribution in [0.2, 0.25) is 0 Å². The molecule has 0 heterocycles. The molecule has 6 nitrogen and oxygen atoms in total. The zero-order chi connectivity index (χ0) is 18.4. The molecule has 0 spiro atoms. The van der Waals surface area contributed by atoms with Gasteiger partial charge >= 0.3 is 0 Å². The lowest BCUT2D eigenvalue weighted by molar-refractivity contribution is -0.104. The minimum atomic E-state index is 0.247. The molecule has 24 heavy (non-hydrogen) atoms. The molecule has 0 radical (unpaired) electrons. The van der Waals surface area contributed by atoms with Gasteiger partial charge in [-0.1, -0.05) is 18.7 Å². The van der Waals surface area contributed by atoms with Crippen molar-refractivity contribution in [3.8, 4) is 0 Å². The standard InChI is InChI=1S/C14H19BrN4O.C3H4O/c1-16-8-11-5-4-6-12(7-11)17-14(10-20)18-13(15)9-19(2)3;1-2-3-4/h4-7,9-10,16H,8H2,1-3H3,(H,17,18);2-3H,1H2/b13-9-;. The van der Waals surface area contributed by atoms with Gasteiger partial charge in [0.15, 0.2) is 12.1 Å². The van der Waals surface area contributed by atoms with Crippen LogP contribution in [0.25, 0.3) is 0 Å². The van der Waals surface area contributed by atoms with Gasteiger partial charge in [-0.25, -0.2) is 4.99 Å². The molecule has 0 aromatic heterocycles. The summed E-state index contributed by atoms with van der Waals surface area (Å²) in [4.78, 5) is 26.3. The molecule has 7 heteroatoms. The lowest BCUT2D eigenvalue weighted by Gasteiger charge is -2.08. The van der Waals surface area contributed by atoms with Gasteiger partial charge < -0.3 is 15.5 Å². The Hall–Kier alpha value is -2.25. The van der Waals surface area contributed by atoms with E-state index in [1.807, 2.05) is 50.3 Å². The Morgan fingerprint density at radius 1 is 1.38 bits per heavy atom. The van der Waals surface area contributed by atoms with Crippen LogP contribution in [0.3, 0.4) is 0 Å². The van der Waals surface area contributed by atoms with Gasteiger partial charge in [0.1, 0.15) is 6.29 Å². The fourth-order valence-electron chi connectivity index (χ4n) is 1.54. The van der Waals surface area contributed by atoms with E-state index >= 15 is 0 Å². The quantitative estimate of drug-likeness (QED) is 0.244. The summed E-state index contributed by atoms with van der Waals surface area (Å²) < 4.78 is 0.666. The van der Waals surface area contributed by atoms with Gasteiger partial charge in [-0.3, -0.25) is 9.59 Å². The second-order valence-corrected chi connectivity index (χ2v) is 5.61. The van der Waals surface area contributed by atoms with Crippen LogP contribution < -0.4 is 10.6 Å². The van der Waals surface area contributed by atoms with Gasteiger partial charge in [0.05, 0.1) is 10.3 Å². The zero-order valence-corrected chi connectivity index (χ0v) is 15.7. The molecule has 0 saturated carbocycles. The highest BCUT2D eigenvalue weighted by atomic mass is 79.9. The fraction of sp³-hybridized carbons (Fsp3) is 0.235. The largest absolute Gasteiger partial charge is 0.381 e. The summed E-state index contributed by atoms with van der Waals surface area (Å²) >= 11 is 3.33. The Labute approximate surface area is 151 Å². The Kier molecular flexibility index (Phi) is 12.0. The molecule has 1 aromatic rings. The van der Waals surface area contributed by atoms with Crippen molar-refractivity contribution >= 4 is 40.0 Å². The molecule has 130 valence electrons. The van der Waals surface area contributed by atoms with Crippen molar-refractivity contribution in [2.24, 2.45) is 4.99 Å². The van der Waals surface area contributed by atoms with Crippen LogP contribution in [0.15, 0.2) is 52.7 Å². The van der Waals surface area contributed by atoms with Crippen molar-refractivity contribution in [2.75, 3.05) is 21.1 Å². The second-order valence-electron chi connectivity index (χ2n) is 4.75. The number of aliphatic imine (C=N–C) groups is 1. The van der Waals surface area contributed by atoms with Crippen molar-refractivity contribution in [3.05, 3.63) is 53.3 Å². The number of aldehydes is 2. The Bertz CT molecular complexity index is 592. The lowest BCUT2D eigenvalue weighted by Crippen LogP contribution is -2.22. The van der Waals surface area contributed by atoms with E-state index in [0.717, 1.165) is 17.8 Å². The van der Waals surface area contributed by atoms with Gasteiger partial charge in [0.2, 0.25) is 0 Å². The van der Waals surface area contributed by atoms with Gasteiger partial charge in [0.25, 0.3) is 0 Å². The maximum absolute atomic E-state index is 11.1. The fourth-order valence-corrected chi connectivity index (χ4v) is 2.16. The van der Waals surface area contributed by atoms with E-state index in [-0.39, 0.29) is 5.84 Å². The maximum Gasteiger partial charge on any atom is 0.185 e. The first kappa shape index (κ1) is 21.8. The molecule has 1 aromatic carbocycles. The summed E-state index contributed by atoms with van der Waals surface area (Å²) in [5.41, 5.74) is 1.85. The third-order valence-corrected chi connectivity index (χ3v) is 2.77. The van der Waals surface area contributed by atoms with Gasteiger partial charge in [0, 0.05) is 26.8 Å². The molecule has 1 rings (SSSR count). The summed E-state index contributed by atoms with van der Waals surface area (Å²) in [5, 5.41) is 5.98. The molecule has 0 aliphatic heterocycles. The van der Waals surface area contributed by atoms with Gasteiger partial charge in [-0.2, -0.15) is 0 Å². The number of amidine groups is 1. The first-order valence-corrected chi connectivity index (χ1v) is 7.90. The van der Waals surface area contributed by atoms with E-state index in [1.165, 1.54) is 6.08 Å². The van der Waals surface area contributed by atoms with Crippen LogP contribution in [-0.4, -0.2) is 44.5 Å². The van der Waals surface area contributed by atoms with Crippen molar-refractivity contribution in [1.29, 1.82) is 0 Å². The average molecular weight is 395 g/mol. The van der Waals surface area contributed by atoms with Crippen molar-refractivity contribution in [1.82, 2.24) is 15.5 Å². The number of halogens is 1. The topological polar surface area (TPSA) is 73.8 Å². The summed E-state index contributed by atoms with van der Waals surface area (Å²) in [6, 6.07) is 7.71. The Morgan fingerprint density at radius 3 is 2.54 bits per heavy atom. The number of hydrogen-bond acceptors (Lipinski definition) is 5. The van der Waals surface area contributed by atoms with Crippen LogP contribution in [0.5, 0.6) is 0 Å². The first-order chi connectivity index (χ1) is 11.5. The first-order valence-electron chi connectivity index (χ1n) is 7.11. The van der Waals surface area contributed by atoms with Crippen molar-refractivity contribution in [2.45, 2.75) is 6.54 Å². The normalized spacial score (nSPS) is 11.0. The van der Waals surface area contributed by atoms with Crippen molar-refractivity contribution < 1.29 is 9.59 Å². The number of carbonyl (C=O) groups excluding carboxylic acids is 2. The Balaban J connectivity index is 0.00000118. The monoisotopic (exact) mass is 394 g/mol. The average Bonchev–Trinajstić information content (AvgIpc) is 2.54. The number of benzene rings is 1. The highest BCUT2D eigenvalue weighted by molar-refractivity contribution is 9.11. The summed E-state index contributed by atoms with van der Waals surface area (Å²) in [6.45, 7) is 3.87. The molecule has 0 unspecified atom stereocenters. The number of rotatable bonds is 7. The van der Waals surface area contributed by atoms with Crippen LogP contribution in [-0.2, 0) is 16.1 Å². The Morgan fingerprint density at radius 2 is 2.04 bits per heavy atom. The van der Waals surface area contributed by atoms with Crippen LogP contribution in [0, 0.1) is 0 Å². The molecule has 0 fully saturated rings. The molecule has 0 aliphatic carbocycles. The molecule has 0 aliphatic rings. The third kappa shape index (κ3) is 10.5. The van der Waals surface area contributed by atoms with Gasteiger partial charge in [-0.05, 0) is 46.7 Å². The van der Waals surface area contributed by atoms with Crippen LogP contribution >= 0.6 is 15.9 Å². The van der Waals surface area contributed by atoms with Crippen LogP contribution in [0.1, 0.15) is 5.56 Å². The zero-order valence-electron chi connectivity index (χ0n) is 14.1. The molecule has 0 amide bonds. The van der Waals surface area contributed by atoms with E-state index in [9.17, 15) is 4.79 Å². The maximum atomic E-state index is 11.1. The van der Waals surface area contributed by atoms with Gasteiger partial charge in [-0.15, -0.1) is 0 Å². The van der Waals surface area contributed by atoms with E-state index in [0.29, 0.717) is 17.2 Å². The van der Waals surface area contributed by atoms with Crippen molar-refractivity contribution in [3.63, 3.8) is 0 Å². The molecular weight excluding hydrogens is 372 g/mol. The number of hydrogen-bond donors (Lipinski definition) is 2. The predicted molar refractivity (Wildman–Crippen MR) is 102 cm³/mol. The minimum Gasteiger partial charge on any atom is -0.381 e. The minimum absolute atomic E-state index is 0.247. The molecule has 0 bridgehead atoms. The second kappa shape index (κ2) is 13.2. The lowest BCUT2D eigenvalue weighted by atomic mass is 10.2. The molecule has 2 N–H and O–H groups in total. The highest BCUT2D eigenvalue weighted by Crippen LogP contribution is 2.14. The molecule has 0 atom stereocenters. The smallest absolute Gasteiger partial charge is 0.185 e.